The summed E-state index contributed by atoms with van der Waals surface area (Å²) in [4.78, 5) is 12.9. The minimum absolute atomic E-state index is 0.0209. The number of carbonyl (C=O) groups is 1. The molecular formula is C20H27N3O3. The van der Waals surface area contributed by atoms with Crippen LogP contribution in [-0.2, 0) is 4.79 Å². The molecule has 3 unspecified atom stereocenters. The number of hydrogen-bond acceptors (Lipinski definition) is 5. The van der Waals surface area contributed by atoms with Crippen molar-refractivity contribution >= 4 is 5.91 Å². The van der Waals surface area contributed by atoms with E-state index in [0.29, 0.717) is 17.9 Å². The summed E-state index contributed by atoms with van der Waals surface area (Å²) in [5, 5.41) is 5.26. The summed E-state index contributed by atoms with van der Waals surface area (Å²) in [6.45, 7) is 7.84. The fraction of sp³-hybridized carbons (Fsp3) is 0.450. The minimum atomic E-state index is -0.140. The van der Waals surface area contributed by atoms with Crippen molar-refractivity contribution in [3.63, 3.8) is 0 Å². The largest absolute Gasteiger partial charge is 0.493 e. The molecule has 3 rings (SSSR count). The Hall–Kier alpha value is -2.47. The summed E-state index contributed by atoms with van der Waals surface area (Å²) >= 11 is 0. The maximum Gasteiger partial charge on any atom is 0.267 e. The number of benzene rings is 1. The molecule has 1 saturated heterocycles. The van der Waals surface area contributed by atoms with E-state index in [4.69, 9.17) is 9.47 Å². The standard InChI is InChI=1S/C20H27N3O3/c1-6-8-14-12(3)21-19-18(15(7-2)22-23(19)20(14)24)13-9-10-16(25-4)17(11-13)26-5/h6,9-11,15,18-19,21-22H,1,7-8H2,2-5H3. The monoisotopic (exact) mass is 357 g/mol. The Morgan fingerprint density at radius 1 is 1.27 bits per heavy atom. The van der Waals surface area contributed by atoms with Crippen LogP contribution >= 0.6 is 0 Å². The van der Waals surface area contributed by atoms with E-state index >= 15 is 0 Å². The van der Waals surface area contributed by atoms with E-state index in [0.717, 1.165) is 23.3 Å². The van der Waals surface area contributed by atoms with Gasteiger partial charge in [-0.25, -0.2) is 5.43 Å². The van der Waals surface area contributed by atoms with Crippen LogP contribution in [0.5, 0.6) is 11.5 Å². The van der Waals surface area contributed by atoms with Crippen LogP contribution in [0.15, 0.2) is 42.1 Å². The number of nitrogens with one attached hydrogen (secondary N) is 2. The Labute approximate surface area is 154 Å². The zero-order valence-electron chi connectivity index (χ0n) is 15.8. The molecule has 2 N–H and O–H groups in total. The van der Waals surface area contributed by atoms with Crippen LogP contribution in [0, 0.1) is 0 Å². The fourth-order valence-corrected chi connectivity index (χ4v) is 3.88. The van der Waals surface area contributed by atoms with E-state index in [2.05, 4.69) is 24.2 Å². The number of hydrogen-bond donors (Lipinski definition) is 2. The molecule has 1 amide bonds. The second-order valence-electron chi connectivity index (χ2n) is 6.64. The second kappa shape index (κ2) is 7.41. The number of fused-ring (bicyclic) bond motifs is 1. The van der Waals surface area contributed by atoms with Gasteiger partial charge in [0.1, 0.15) is 6.17 Å². The van der Waals surface area contributed by atoms with Gasteiger partial charge in [-0.1, -0.05) is 19.1 Å². The van der Waals surface area contributed by atoms with E-state index < -0.39 is 0 Å². The Morgan fingerprint density at radius 3 is 2.62 bits per heavy atom. The molecule has 1 fully saturated rings. The van der Waals surface area contributed by atoms with Crippen molar-refractivity contribution in [3.8, 4) is 11.5 Å². The van der Waals surface area contributed by atoms with E-state index in [1.165, 1.54) is 0 Å². The zero-order valence-corrected chi connectivity index (χ0v) is 15.8. The predicted molar refractivity (Wildman–Crippen MR) is 101 cm³/mol. The first kappa shape index (κ1) is 18.3. The maximum absolute atomic E-state index is 12.9. The van der Waals surface area contributed by atoms with Crippen molar-refractivity contribution in [2.24, 2.45) is 0 Å². The lowest BCUT2D eigenvalue weighted by Crippen LogP contribution is -2.54. The van der Waals surface area contributed by atoms with Crippen LogP contribution in [0.3, 0.4) is 0 Å². The molecule has 2 heterocycles. The molecule has 2 aliphatic rings. The quantitative estimate of drug-likeness (QED) is 0.767. The van der Waals surface area contributed by atoms with Gasteiger partial charge in [0.15, 0.2) is 11.5 Å². The van der Waals surface area contributed by atoms with Crippen molar-refractivity contribution in [2.45, 2.75) is 44.8 Å². The third kappa shape index (κ3) is 2.94. The lowest BCUT2D eigenvalue weighted by molar-refractivity contribution is -0.132. The molecule has 0 spiro atoms. The Bertz CT molecular complexity index is 744. The van der Waals surface area contributed by atoms with Crippen LogP contribution in [-0.4, -0.2) is 37.3 Å². The van der Waals surface area contributed by atoms with Gasteiger partial charge in [-0.15, -0.1) is 6.58 Å². The minimum Gasteiger partial charge on any atom is -0.493 e. The smallest absolute Gasteiger partial charge is 0.267 e. The number of allylic oxidation sites excluding steroid dienone is 2. The van der Waals surface area contributed by atoms with Gasteiger partial charge < -0.3 is 14.8 Å². The molecule has 1 aromatic carbocycles. The number of amides is 1. The molecule has 140 valence electrons. The molecule has 6 heteroatoms. The highest BCUT2D eigenvalue weighted by Crippen LogP contribution is 2.39. The first-order valence-electron chi connectivity index (χ1n) is 8.94. The highest BCUT2D eigenvalue weighted by molar-refractivity contribution is 5.95. The van der Waals surface area contributed by atoms with Crippen LogP contribution in [0.25, 0.3) is 0 Å². The van der Waals surface area contributed by atoms with Gasteiger partial charge >= 0.3 is 0 Å². The maximum atomic E-state index is 12.9. The van der Waals surface area contributed by atoms with E-state index in [1.54, 1.807) is 25.3 Å². The second-order valence-corrected chi connectivity index (χ2v) is 6.64. The van der Waals surface area contributed by atoms with Gasteiger partial charge in [0.2, 0.25) is 0 Å². The molecule has 6 nitrogen and oxygen atoms in total. The molecule has 0 radical (unpaired) electrons. The Morgan fingerprint density at radius 2 is 2.00 bits per heavy atom. The van der Waals surface area contributed by atoms with Crippen molar-refractivity contribution in [1.29, 1.82) is 0 Å². The summed E-state index contributed by atoms with van der Waals surface area (Å²) in [7, 11) is 3.26. The molecule has 0 aliphatic carbocycles. The molecule has 0 aromatic heterocycles. The summed E-state index contributed by atoms with van der Waals surface area (Å²) in [5.41, 5.74) is 6.18. The average molecular weight is 357 g/mol. The SMILES string of the molecule is C=CCC1=C(C)NC2C(c3ccc(OC)c(OC)c3)C(CC)NN2C1=O. The van der Waals surface area contributed by atoms with Gasteiger partial charge in [-0.05, 0) is 37.5 Å². The van der Waals surface area contributed by atoms with Crippen LogP contribution in [0.2, 0.25) is 0 Å². The third-order valence-electron chi connectivity index (χ3n) is 5.23. The van der Waals surface area contributed by atoms with Gasteiger partial charge in [0.25, 0.3) is 5.91 Å². The van der Waals surface area contributed by atoms with Gasteiger partial charge in [-0.2, -0.15) is 0 Å². The lowest BCUT2D eigenvalue weighted by atomic mass is 9.87. The van der Waals surface area contributed by atoms with Crippen molar-refractivity contribution in [3.05, 3.63) is 47.7 Å². The van der Waals surface area contributed by atoms with E-state index in [1.807, 2.05) is 25.1 Å². The first-order chi connectivity index (χ1) is 12.5. The molecule has 26 heavy (non-hydrogen) atoms. The summed E-state index contributed by atoms with van der Waals surface area (Å²) in [5.74, 6) is 1.51. The number of nitrogens with zero attached hydrogens (tertiary/aromatic N) is 1. The Kier molecular flexibility index (Phi) is 5.23. The molecule has 2 aliphatic heterocycles. The number of methoxy groups -OCH3 is 2. The van der Waals surface area contributed by atoms with Crippen LogP contribution < -0.4 is 20.2 Å². The van der Waals surface area contributed by atoms with Crippen LogP contribution in [0.1, 0.15) is 38.2 Å². The predicted octanol–water partition coefficient (Wildman–Crippen LogP) is 2.69. The molecule has 0 bridgehead atoms. The van der Waals surface area contributed by atoms with Crippen molar-refractivity contribution in [1.82, 2.24) is 15.8 Å². The topological polar surface area (TPSA) is 62.8 Å². The van der Waals surface area contributed by atoms with Crippen molar-refractivity contribution < 1.29 is 14.3 Å². The summed E-state index contributed by atoms with van der Waals surface area (Å²) < 4.78 is 10.8. The summed E-state index contributed by atoms with van der Waals surface area (Å²) in [6.07, 6.45) is 3.08. The van der Waals surface area contributed by atoms with Gasteiger partial charge in [-0.3, -0.25) is 9.80 Å². The molecule has 1 aromatic rings. The fourth-order valence-electron chi connectivity index (χ4n) is 3.88. The van der Waals surface area contributed by atoms with Crippen molar-refractivity contribution in [2.75, 3.05) is 14.2 Å². The number of hydrazine groups is 1. The van der Waals surface area contributed by atoms with Gasteiger partial charge in [0.05, 0.1) is 14.2 Å². The lowest BCUT2D eigenvalue weighted by Gasteiger charge is -2.35. The van der Waals surface area contributed by atoms with Crippen LogP contribution in [0.4, 0.5) is 0 Å². The molecular weight excluding hydrogens is 330 g/mol. The summed E-state index contributed by atoms with van der Waals surface area (Å²) in [6, 6.07) is 6.11. The normalized spacial score (nSPS) is 25.0. The molecule has 3 atom stereocenters. The Balaban J connectivity index is 1.99. The third-order valence-corrected chi connectivity index (χ3v) is 5.23. The first-order valence-corrected chi connectivity index (χ1v) is 8.94. The highest BCUT2D eigenvalue weighted by atomic mass is 16.5. The number of rotatable bonds is 6. The highest BCUT2D eigenvalue weighted by Gasteiger charge is 2.47. The van der Waals surface area contributed by atoms with E-state index in [9.17, 15) is 4.79 Å². The van der Waals surface area contributed by atoms with E-state index in [-0.39, 0.29) is 24.0 Å². The van der Waals surface area contributed by atoms with Gasteiger partial charge in [0, 0.05) is 23.2 Å². The number of carbonyl (C=O) groups excluding carboxylic acids is 1. The average Bonchev–Trinajstić information content (AvgIpc) is 3.03. The molecule has 0 saturated carbocycles. The number of ether oxygens (including phenoxy) is 2. The zero-order chi connectivity index (χ0) is 18.8.